The molecule has 1 heterocycles. The van der Waals surface area contributed by atoms with Crippen molar-refractivity contribution in [2.45, 2.75) is 31.8 Å². The van der Waals surface area contributed by atoms with E-state index in [1.54, 1.807) is 0 Å². The molecule has 0 bridgehead atoms. The standard InChI is InChI=1S/C13H15NS/c1-9(14-11-6-7-11)13-8-10-4-2-3-5-12(10)15-13/h2-5,8-9,11,14H,6-7H2,1H3. The Hall–Kier alpha value is -0.860. The van der Waals surface area contributed by atoms with Gasteiger partial charge in [0.1, 0.15) is 0 Å². The molecule has 1 aromatic carbocycles. The van der Waals surface area contributed by atoms with Crippen molar-refractivity contribution in [2.75, 3.05) is 0 Å². The van der Waals surface area contributed by atoms with E-state index in [0.29, 0.717) is 6.04 Å². The molecule has 1 atom stereocenters. The van der Waals surface area contributed by atoms with Crippen LogP contribution in [0.3, 0.4) is 0 Å². The van der Waals surface area contributed by atoms with Gasteiger partial charge in [-0.15, -0.1) is 11.3 Å². The minimum atomic E-state index is 0.509. The smallest absolute Gasteiger partial charge is 0.0388 e. The third kappa shape index (κ3) is 1.92. The molecular formula is C13H15NS. The molecule has 1 aromatic heterocycles. The van der Waals surface area contributed by atoms with E-state index < -0.39 is 0 Å². The molecule has 0 spiro atoms. The van der Waals surface area contributed by atoms with E-state index in [9.17, 15) is 0 Å². The van der Waals surface area contributed by atoms with Crippen molar-refractivity contribution in [2.24, 2.45) is 0 Å². The van der Waals surface area contributed by atoms with Crippen molar-refractivity contribution in [3.63, 3.8) is 0 Å². The number of rotatable bonds is 3. The molecule has 1 saturated carbocycles. The van der Waals surface area contributed by atoms with Gasteiger partial charge in [0.15, 0.2) is 0 Å². The lowest BCUT2D eigenvalue weighted by Crippen LogP contribution is -2.19. The molecule has 15 heavy (non-hydrogen) atoms. The number of thiophene rings is 1. The Bertz CT molecular complexity index is 437. The van der Waals surface area contributed by atoms with Crippen LogP contribution in [0.5, 0.6) is 0 Å². The Morgan fingerprint density at radius 1 is 1.33 bits per heavy atom. The summed E-state index contributed by atoms with van der Waals surface area (Å²) in [7, 11) is 0. The third-order valence-electron chi connectivity index (χ3n) is 2.93. The van der Waals surface area contributed by atoms with E-state index in [1.807, 2.05) is 11.3 Å². The summed E-state index contributed by atoms with van der Waals surface area (Å²) in [5.74, 6) is 0. The molecule has 1 aliphatic rings. The van der Waals surface area contributed by atoms with Crippen LogP contribution in [0.1, 0.15) is 30.7 Å². The minimum absolute atomic E-state index is 0.509. The molecule has 78 valence electrons. The summed E-state index contributed by atoms with van der Waals surface area (Å²) < 4.78 is 1.40. The Balaban J connectivity index is 1.89. The molecule has 1 N–H and O–H groups in total. The average molecular weight is 217 g/mol. The van der Waals surface area contributed by atoms with Crippen LogP contribution in [-0.4, -0.2) is 6.04 Å². The second-order valence-corrected chi connectivity index (χ2v) is 5.46. The largest absolute Gasteiger partial charge is 0.307 e. The zero-order chi connectivity index (χ0) is 10.3. The van der Waals surface area contributed by atoms with Gasteiger partial charge in [0.25, 0.3) is 0 Å². The average Bonchev–Trinajstić information content (AvgIpc) is 2.95. The lowest BCUT2D eigenvalue weighted by molar-refractivity contribution is 0.579. The highest BCUT2D eigenvalue weighted by molar-refractivity contribution is 7.19. The molecule has 0 saturated heterocycles. The van der Waals surface area contributed by atoms with Crippen molar-refractivity contribution in [3.8, 4) is 0 Å². The van der Waals surface area contributed by atoms with Crippen LogP contribution in [0.4, 0.5) is 0 Å². The normalized spacial score (nSPS) is 18.2. The number of hydrogen-bond donors (Lipinski definition) is 1. The Kier molecular flexibility index (Phi) is 2.26. The van der Waals surface area contributed by atoms with Gasteiger partial charge in [-0.05, 0) is 37.3 Å². The zero-order valence-corrected chi connectivity index (χ0v) is 9.68. The van der Waals surface area contributed by atoms with Crippen molar-refractivity contribution >= 4 is 21.4 Å². The molecule has 3 rings (SSSR count). The van der Waals surface area contributed by atoms with Gasteiger partial charge >= 0.3 is 0 Å². The van der Waals surface area contributed by atoms with Crippen LogP contribution in [0, 0.1) is 0 Å². The van der Waals surface area contributed by atoms with Gasteiger partial charge in [0, 0.05) is 21.7 Å². The molecular weight excluding hydrogens is 202 g/mol. The summed E-state index contributed by atoms with van der Waals surface area (Å²) in [5, 5.41) is 5.02. The first-order valence-electron chi connectivity index (χ1n) is 5.57. The van der Waals surface area contributed by atoms with Crippen LogP contribution in [0.15, 0.2) is 30.3 Å². The van der Waals surface area contributed by atoms with Gasteiger partial charge in [-0.25, -0.2) is 0 Å². The van der Waals surface area contributed by atoms with E-state index >= 15 is 0 Å². The first kappa shape index (κ1) is 9.37. The summed E-state index contributed by atoms with van der Waals surface area (Å²) in [4.78, 5) is 1.46. The van der Waals surface area contributed by atoms with Gasteiger partial charge < -0.3 is 5.32 Å². The predicted octanol–water partition coefficient (Wildman–Crippen LogP) is 3.71. The summed E-state index contributed by atoms with van der Waals surface area (Å²) in [6.07, 6.45) is 2.71. The lowest BCUT2D eigenvalue weighted by atomic mass is 10.2. The first-order chi connectivity index (χ1) is 7.33. The number of benzene rings is 1. The molecule has 1 aliphatic carbocycles. The minimum Gasteiger partial charge on any atom is -0.307 e. The summed E-state index contributed by atoms with van der Waals surface area (Å²) in [6, 6.07) is 12.2. The lowest BCUT2D eigenvalue weighted by Gasteiger charge is -2.10. The SMILES string of the molecule is CC(NC1CC1)c1cc2ccccc2s1. The van der Waals surface area contributed by atoms with Crippen molar-refractivity contribution in [1.82, 2.24) is 5.32 Å². The fourth-order valence-corrected chi connectivity index (χ4v) is 2.98. The van der Waals surface area contributed by atoms with Gasteiger partial charge in [0.05, 0.1) is 0 Å². The van der Waals surface area contributed by atoms with E-state index in [4.69, 9.17) is 0 Å². The van der Waals surface area contributed by atoms with Gasteiger partial charge in [-0.3, -0.25) is 0 Å². The number of hydrogen-bond acceptors (Lipinski definition) is 2. The molecule has 2 heteroatoms. The quantitative estimate of drug-likeness (QED) is 0.826. The van der Waals surface area contributed by atoms with Gasteiger partial charge in [-0.2, -0.15) is 0 Å². The maximum absolute atomic E-state index is 3.64. The van der Waals surface area contributed by atoms with E-state index in [2.05, 4.69) is 42.6 Å². The molecule has 1 unspecified atom stereocenters. The summed E-state index contributed by atoms with van der Waals surface area (Å²) in [6.45, 7) is 2.27. The second kappa shape index (κ2) is 3.62. The van der Waals surface area contributed by atoms with Crippen LogP contribution in [0.2, 0.25) is 0 Å². The number of nitrogens with one attached hydrogen (secondary N) is 1. The maximum Gasteiger partial charge on any atom is 0.0388 e. The second-order valence-electron chi connectivity index (χ2n) is 4.35. The van der Waals surface area contributed by atoms with Gasteiger partial charge in [0.2, 0.25) is 0 Å². The molecule has 2 aromatic rings. The van der Waals surface area contributed by atoms with Crippen LogP contribution >= 0.6 is 11.3 Å². The fraction of sp³-hybridized carbons (Fsp3) is 0.385. The first-order valence-corrected chi connectivity index (χ1v) is 6.39. The van der Waals surface area contributed by atoms with E-state index in [0.717, 1.165) is 6.04 Å². The zero-order valence-electron chi connectivity index (χ0n) is 8.86. The summed E-state index contributed by atoms with van der Waals surface area (Å²) in [5.41, 5.74) is 0. The highest BCUT2D eigenvalue weighted by atomic mass is 32.1. The van der Waals surface area contributed by atoms with E-state index in [-0.39, 0.29) is 0 Å². The topological polar surface area (TPSA) is 12.0 Å². The Labute approximate surface area is 94.1 Å². The third-order valence-corrected chi connectivity index (χ3v) is 4.23. The monoisotopic (exact) mass is 217 g/mol. The maximum atomic E-state index is 3.64. The van der Waals surface area contributed by atoms with Gasteiger partial charge in [-0.1, -0.05) is 18.2 Å². The van der Waals surface area contributed by atoms with Crippen LogP contribution < -0.4 is 5.32 Å². The highest BCUT2D eigenvalue weighted by Gasteiger charge is 2.23. The summed E-state index contributed by atoms with van der Waals surface area (Å²) >= 11 is 1.91. The van der Waals surface area contributed by atoms with Crippen molar-refractivity contribution in [1.29, 1.82) is 0 Å². The fourth-order valence-electron chi connectivity index (χ4n) is 1.90. The van der Waals surface area contributed by atoms with Crippen molar-refractivity contribution in [3.05, 3.63) is 35.2 Å². The Morgan fingerprint density at radius 3 is 2.87 bits per heavy atom. The highest BCUT2D eigenvalue weighted by Crippen LogP contribution is 2.31. The number of fused-ring (bicyclic) bond motifs is 1. The molecule has 1 fully saturated rings. The Morgan fingerprint density at radius 2 is 2.13 bits per heavy atom. The predicted molar refractivity (Wildman–Crippen MR) is 66.4 cm³/mol. The molecule has 0 amide bonds. The van der Waals surface area contributed by atoms with Crippen LogP contribution in [-0.2, 0) is 0 Å². The van der Waals surface area contributed by atoms with Crippen LogP contribution in [0.25, 0.3) is 10.1 Å². The van der Waals surface area contributed by atoms with E-state index in [1.165, 1.54) is 27.8 Å². The molecule has 1 nitrogen and oxygen atoms in total. The molecule has 0 aliphatic heterocycles. The van der Waals surface area contributed by atoms with Crippen molar-refractivity contribution < 1.29 is 0 Å². The molecule has 0 radical (unpaired) electrons.